The molecule has 0 saturated carbocycles. The van der Waals surface area contributed by atoms with Gasteiger partial charge in [-0.3, -0.25) is 0 Å². The van der Waals surface area contributed by atoms with Gasteiger partial charge in [0.05, 0.1) is 0 Å². The molecule has 0 aliphatic carbocycles. The maximum atomic E-state index is 13.8. The topological polar surface area (TPSA) is 27.7 Å². The molecule has 144 valence electrons. The molecule has 3 rings (SSSR count). The van der Waals surface area contributed by atoms with Crippen LogP contribution in [0.1, 0.15) is 0 Å². The third-order valence-electron chi connectivity index (χ3n) is 3.35. The summed E-state index contributed by atoms with van der Waals surface area (Å²) in [6, 6.07) is 6.80. The Hall–Kier alpha value is -3.30. The Bertz CT molecular complexity index is 874. The summed E-state index contributed by atoms with van der Waals surface area (Å²) in [4.78, 5) is 0. The molecule has 0 radical (unpaired) electrons. The molecular formula is C18H9BF6O3. The number of halogens is 6. The van der Waals surface area contributed by atoms with Gasteiger partial charge in [0.25, 0.3) is 0 Å². The molecule has 0 aliphatic rings. The van der Waals surface area contributed by atoms with Crippen molar-refractivity contribution in [1.82, 2.24) is 0 Å². The van der Waals surface area contributed by atoms with Crippen molar-refractivity contribution in [3.63, 3.8) is 0 Å². The van der Waals surface area contributed by atoms with E-state index in [4.69, 9.17) is 14.0 Å². The van der Waals surface area contributed by atoms with Gasteiger partial charge in [0.15, 0.2) is 17.5 Å². The summed E-state index contributed by atoms with van der Waals surface area (Å²) >= 11 is 0. The van der Waals surface area contributed by atoms with Crippen molar-refractivity contribution < 1.29 is 40.3 Å². The Morgan fingerprint density at radius 3 is 1.00 bits per heavy atom. The lowest BCUT2D eigenvalue weighted by Crippen LogP contribution is -2.37. The first-order chi connectivity index (χ1) is 13.3. The van der Waals surface area contributed by atoms with Crippen molar-refractivity contribution in [2.75, 3.05) is 0 Å². The largest absolute Gasteiger partial charge is 0.864 e. The molecule has 0 heterocycles. The van der Waals surface area contributed by atoms with E-state index >= 15 is 0 Å². The molecule has 3 nitrogen and oxygen atoms in total. The van der Waals surface area contributed by atoms with Crippen LogP contribution in [0.4, 0.5) is 26.3 Å². The van der Waals surface area contributed by atoms with Crippen molar-refractivity contribution in [3.8, 4) is 17.2 Å². The minimum atomic E-state index is -1.99. The number of rotatable bonds is 6. The standard InChI is InChI=1S/C18H9BF6O3/c20-10-1-4-16(13(23)7-10)26-19(27-17-5-2-11(21)8-14(17)24)28-18-6-3-12(22)9-15(18)25/h1-9H. The molecule has 0 aromatic heterocycles. The first-order valence-corrected chi connectivity index (χ1v) is 7.67. The van der Waals surface area contributed by atoms with Crippen LogP contribution in [-0.2, 0) is 0 Å². The highest BCUT2D eigenvalue weighted by Crippen LogP contribution is 2.25. The predicted molar refractivity (Wildman–Crippen MR) is 86.7 cm³/mol. The van der Waals surface area contributed by atoms with E-state index in [2.05, 4.69) is 0 Å². The van der Waals surface area contributed by atoms with Crippen molar-refractivity contribution in [2.45, 2.75) is 0 Å². The SMILES string of the molecule is Fc1ccc(OB(Oc2ccc(F)cc2F)Oc2ccc(F)cc2F)c(F)c1. The normalized spacial score (nSPS) is 10.5. The van der Waals surface area contributed by atoms with Gasteiger partial charge in [-0.1, -0.05) is 0 Å². The molecule has 0 spiro atoms. The molecular weight excluding hydrogens is 389 g/mol. The highest BCUT2D eigenvalue weighted by atomic mass is 19.2. The molecule has 28 heavy (non-hydrogen) atoms. The number of benzene rings is 3. The molecule has 0 fully saturated rings. The van der Waals surface area contributed by atoms with E-state index in [0.717, 1.165) is 36.4 Å². The summed E-state index contributed by atoms with van der Waals surface area (Å²) in [5.74, 6) is -7.78. The van der Waals surface area contributed by atoms with Crippen LogP contribution >= 0.6 is 0 Å². The quantitative estimate of drug-likeness (QED) is 0.430. The second-order valence-electron chi connectivity index (χ2n) is 5.37. The highest BCUT2D eigenvalue weighted by molar-refractivity contribution is 6.39. The third kappa shape index (κ3) is 4.70. The van der Waals surface area contributed by atoms with Crippen LogP contribution in [0.3, 0.4) is 0 Å². The molecule has 0 saturated heterocycles. The summed E-state index contributed by atoms with van der Waals surface area (Å²) in [6.45, 7) is 0. The summed E-state index contributed by atoms with van der Waals surface area (Å²) < 4.78 is 95.8. The van der Waals surface area contributed by atoms with Gasteiger partial charge in [-0.05, 0) is 36.4 Å². The monoisotopic (exact) mass is 398 g/mol. The zero-order chi connectivity index (χ0) is 20.3. The molecule has 0 N–H and O–H groups in total. The van der Waals surface area contributed by atoms with Gasteiger partial charge in [-0.25, -0.2) is 26.3 Å². The van der Waals surface area contributed by atoms with Gasteiger partial charge in [0.1, 0.15) is 34.7 Å². The van der Waals surface area contributed by atoms with Crippen LogP contribution < -0.4 is 14.0 Å². The van der Waals surface area contributed by atoms with Crippen LogP contribution in [-0.4, -0.2) is 7.32 Å². The minimum Gasteiger partial charge on any atom is -0.487 e. The lowest BCUT2D eigenvalue weighted by Gasteiger charge is -2.17. The van der Waals surface area contributed by atoms with Crippen molar-refractivity contribution in [1.29, 1.82) is 0 Å². The van der Waals surface area contributed by atoms with Crippen LogP contribution in [0, 0.1) is 34.9 Å². The molecule has 0 unspecified atom stereocenters. The fourth-order valence-electron chi connectivity index (χ4n) is 2.10. The Labute approximate surface area is 155 Å². The first kappa shape index (κ1) is 19.5. The molecule has 0 amide bonds. The van der Waals surface area contributed by atoms with E-state index in [1.807, 2.05) is 0 Å². The lowest BCUT2D eigenvalue weighted by molar-refractivity contribution is 0.287. The zero-order valence-corrected chi connectivity index (χ0v) is 13.8. The van der Waals surface area contributed by atoms with Gasteiger partial charge in [-0.2, -0.15) is 0 Å². The fourth-order valence-corrected chi connectivity index (χ4v) is 2.10. The van der Waals surface area contributed by atoms with Gasteiger partial charge < -0.3 is 14.0 Å². The summed E-state index contributed by atoms with van der Waals surface area (Å²) in [5.41, 5.74) is 0. The molecule has 0 aliphatic heterocycles. The average molecular weight is 398 g/mol. The summed E-state index contributed by atoms with van der Waals surface area (Å²) in [7, 11) is -1.99. The molecule has 3 aromatic carbocycles. The van der Waals surface area contributed by atoms with Gasteiger partial charge in [0.2, 0.25) is 0 Å². The van der Waals surface area contributed by atoms with E-state index in [-0.39, 0.29) is 0 Å². The van der Waals surface area contributed by atoms with Crippen LogP contribution in [0.5, 0.6) is 17.2 Å². The predicted octanol–water partition coefficient (Wildman–Crippen LogP) is 5.04. The van der Waals surface area contributed by atoms with E-state index in [1.165, 1.54) is 0 Å². The van der Waals surface area contributed by atoms with Gasteiger partial charge in [0, 0.05) is 18.2 Å². The van der Waals surface area contributed by atoms with E-state index in [1.54, 1.807) is 0 Å². The second-order valence-corrected chi connectivity index (χ2v) is 5.37. The summed E-state index contributed by atoms with van der Waals surface area (Å²) in [6.07, 6.45) is 0. The average Bonchev–Trinajstić information content (AvgIpc) is 2.62. The fraction of sp³-hybridized carbons (Fsp3) is 0. The maximum absolute atomic E-state index is 13.8. The maximum Gasteiger partial charge on any atom is 0.864 e. The second kappa shape index (κ2) is 8.16. The highest BCUT2D eigenvalue weighted by Gasteiger charge is 2.33. The van der Waals surface area contributed by atoms with E-state index in [0.29, 0.717) is 18.2 Å². The van der Waals surface area contributed by atoms with Gasteiger partial charge >= 0.3 is 7.32 Å². The number of hydrogen-bond acceptors (Lipinski definition) is 3. The van der Waals surface area contributed by atoms with Crippen LogP contribution in [0.2, 0.25) is 0 Å². The molecule has 10 heteroatoms. The van der Waals surface area contributed by atoms with E-state index < -0.39 is 59.5 Å². The smallest absolute Gasteiger partial charge is 0.487 e. The Morgan fingerprint density at radius 1 is 0.464 bits per heavy atom. The van der Waals surface area contributed by atoms with E-state index in [9.17, 15) is 26.3 Å². The Morgan fingerprint density at radius 2 is 0.750 bits per heavy atom. The number of hydrogen-bond donors (Lipinski definition) is 0. The van der Waals surface area contributed by atoms with Crippen molar-refractivity contribution in [2.24, 2.45) is 0 Å². The molecule has 0 bridgehead atoms. The minimum absolute atomic E-state index is 0.503. The summed E-state index contributed by atoms with van der Waals surface area (Å²) in [5, 5.41) is 0. The van der Waals surface area contributed by atoms with Crippen molar-refractivity contribution >= 4 is 7.32 Å². The zero-order valence-electron chi connectivity index (χ0n) is 13.8. The Balaban J connectivity index is 1.90. The van der Waals surface area contributed by atoms with Gasteiger partial charge in [-0.15, -0.1) is 0 Å². The Kier molecular flexibility index (Phi) is 5.67. The third-order valence-corrected chi connectivity index (χ3v) is 3.35. The molecule has 3 aromatic rings. The molecule has 0 atom stereocenters. The van der Waals surface area contributed by atoms with Crippen LogP contribution in [0.15, 0.2) is 54.6 Å². The van der Waals surface area contributed by atoms with Crippen LogP contribution in [0.25, 0.3) is 0 Å². The van der Waals surface area contributed by atoms with Crippen molar-refractivity contribution in [3.05, 3.63) is 89.5 Å². The lowest BCUT2D eigenvalue weighted by atomic mass is 10.1. The first-order valence-electron chi connectivity index (χ1n) is 7.67.